The molecule has 2 amide bonds. The van der Waals surface area contributed by atoms with Crippen molar-refractivity contribution < 1.29 is 9.59 Å². The van der Waals surface area contributed by atoms with Gasteiger partial charge in [0.25, 0.3) is 11.8 Å². The molecular formula is C30H36N4O2. The van der Waals surface area contributed by atoms with Crippen LogP contribution in [0.15, 0.2) is 48.5 Å². The first-order valence-electron chi connectivity index (χ1n) is 13.8. The van der Waals surface area contributed by atoms with Gasteiger partial charge in [0.1, 0.15) is 0 Å². The van der Waals surface area contributed by atoms with Crippen molar-refractivity contribution in [2.45, 2.75) is 25.9 Å². The first kappa shape index (κ1) is 22.5. The SMILES string of the molecule is O=C1c2cccc(c2)C(=O)N2CC3CC(CN(Cc4ccc(cc4)CN4CC5CC(C4)CN1C5)C3)C2. The van der Waals surface area contributed by atoms with Gasteiger partial charge in [0.15, 0.2) is 0 Å². The van der Waals surface area contributed by atoms with Crippen LogP contribution in [0.25, 0.3) is 0 Å². The van der Waals surface area contributed by atoms with E-state index in [1.54, 1.807) is 0 Å². The number of carbonyl (C=O) groups is 2. The first-order valence-corrected chi connectivity index (χ1v) is 13.8. The summed E-state index contributed by atoms with van der Waals surface area (Å²) in [6.45, 7) is 9.44. The maximum absolute atomic E-state index is 13.5. The molecule has 4 saturated heterocycles. The third kappa shape index (κ3) is 4.35. The summed E-state index contributed by atoms with van der Waals surface area (Å²) in [6.07, 6.45) is 2.43. The van der Waals surface area contributed by atoms with Gasteiger partial charge in [-0.1, -0.05) is 30.3 Å². The van der Waals surface area contributed by atoms with E-state index in [2.05, 4.69) is 43.9 Å². The highest BCUT2D eigenvalue weighted by molar-refractivity contribution is 5.99. The minimum atomic E-state index is 0.0837. The highest BCUT2D eigenvalue weighted by Gasteiger charge is 2.38. The van der Waals surface area contributed by atoms with E-state index in [1.807, 2.05) is 24.3 Å². The van der Waals surface area contributed by atoms with Gasteiger partial charge in [0.05, 0.1) is 0 Å². The van der Waals surface area contributed by atoms with E-state index in [9.17, 15) is 9.59 Å². The predicted molar refractivity (Wildman–Crippen MR) is 138 cm³/mol. The van der Waals surface area contributed by atoms with Crippen molar-refractivity contribution in [1.82, 2.24) is 19.6 Å². The third-order valence-corrected chi connectivity index (χ3v) is 9.08. The fourth-order valence-electron chi connectivity index (χ4n) is 7.78. The molecule has 4 atom stereocenters. The zero-order valence-corrected chi connectivity index (χ0v) is 21.0. The van der Waals surface area contributed by atoms with Crippen LogP contribution in [0, 0.1) is 23.7 Å². The fourth-order valence-corrected chi connectivity index (χ4v) is 7.78. The Morgan fingerprint density at radius 1 is 0.528 bits per heavy atom. The minimum Gasteiger partial charge on any atom is -0.338 e. The van der Waals surface area contributed by atoms with Crippen LogP contribution in [0.1, 0.15) is 44.7 Å². The number of nitrogens with zero attached hydrogens (tertiary/aromatic N) is 4. The van der Waals surface area contributed by atoms with Crippen LogP contribution in [0.4, 0.5) is 0 Å². The second-order valence-electron chi connectivity index (χ2n) is 12.1. The molecule has 10 heterocycles. The lowest BCUT2D eigenvalue weighted by molar-refractivity contribution is 0.0237. The maximum Gasteiger partial charge on any atom is 0.253 e. The van der Waals surface area contributed by atoms with Crippen molar-refractivity contribution in [3.05, 3.63) is 70.8 Å². The summed E-state index contributed by atoms with van der Waals surface area (Å²) in [6, 6.07) is 16.8. The Hall–Kier alpha value is -2.70. The lowest BCUT2D eigenvalue weighted by Crippen LogP contribution is -2.54. The highest BCUT2D eigenvalue weighted by Crippen LogP contribution is 2.32. The Labute approximate surface area is 213 Å². The van der Waals surface area contributed by atoms with Crippen LogP contribution in [-0.2, 0) is 13.1 Å². The zero-order chi connectivity index (χ0) is 24.2. The summed E-state index contributed by atoms with van der Waals surface area (Å²) in [7, 11) is 0. The van der Waals surface area contributed by atoms with Crippen molar-refractivity contribution in [1.29, 1.82) is 0 Å². The van der Waals surface area contributed by atoms with Crippen LogP contribution < -0.4 is 0 Å². The molecule has 2 aromatic rings. The van der Waals surface area contributed by atoms with E-state index >= 15 is 0 Å². The molecule has 0 aromatic heterocycles. The number of benzene rings is 2. The average Bonchev–Trinajstić information content (AvgIpc) is 2.87. The van der Waals surface area contributed by atoms with Gasteiger partial charge in [0, 0.05) is 76.6 Å². The Morgan fingerprint density at radius 3 is 1.31 bits per heavy atom. The van der Waals surface area contributed by atoms with Crippen molar-refractivity contribution in [3.63, 3.8) is 0 Å². The smallest absolute Gasteiger partial charge is 0.253 e. The molecule has 0 spiro atoms. The minimum absolute atomic E-state index is 0.0837. The molecule has 12 rings (SSSR count). The van der Waals surface area contributed by atoms with Crippen LogP contribution >= 0.6 is 0 Å². The molecule has 10 aliphatic rings. The molecule has 2 aromatic carbocycles. The number of rotatable bonds is 0. The number of hydrogen-bond acceptors (Lipinski definition) is 4. The Balaban J connectivity index is 1.20. The van der Waals surface area contributed by atoms with Gasteiger partial charge >= 0.3 is 0 Å². The van der Waals surface area contributed by atoms with E-state index in [0.717, 1.165) is 65.4 Å². The largest absolute Gasteiger partial charge is 0.338 e. The maximum atomic E-state index is 13.5. The van der Waals surface area contributed by atoms with Crippen molar-refractivity contribution in [2.24, 2.45) is 23.7 Å². The lowest BCUT2D eigenvalue weighted by atomic mass is 9.84. The van der Waals surface area contributed by atoms with Gasteiger partial charge in [-0.05, 0) is 65.8 Å². The van der Waals surface area contributed by atoms with Gasteiger partial charge in [0.2, 0.25) is 0 Å². The molecule has 0 radical (unpaired) electrons. The molecule has 6 heteroatoms. The average molecular weight is 485 g/mol. The van der Waals surface area contributed by atoms with Gasteiger partial charge in [-0.15, -0.1) is 0 Å². The topological polar surface area (TPSA) is 47.1 Å². The molecular weight excluding hydrogens is 448 g/mol. The normalized spacial score (nSPS) is 33.9. The van der Waals surface area contributed by atoms with Gasteiger partial charge in [-0.2, -0.15) is 0 Å². The van der Waals surface area contributed by atoms with Crippen LogP contribution in [0.5, 0.6) is 0 Å². The first-order chi connectivity index (χ1) is 17.6. The van der Waals surface area contributed by atoms with Crippen molar-refractivity contribution >= 4 is 11.8 Å². The molecule has 188 valence electrons. The summed E-state index contributed by atoms with van der Waals surface area (Å²) in [5.74, 6) is 2.24. The second-order valence-corrected chi connectivity index (χ2v) is 12.1. The predicted octanol–water partition coefficient (Wildman–Crippen LogP) is 3.19. The van der Waals surface area contributed by atoms with E-state index in [0.29, 0.717) is 34.8 Å². The lowest BCUT2D eigenvalue weighted by Gasteiger charge is -2.46. The van der Waals surface area contributed by atoms with Gasteiger partial charge in [-0.25, -0.2) is 0 Å². The van der Waals surface area contributed by atoms with E-state index < -0.39 is 0 Å². The van der Waals surface area contributed by atoms with E-state index in [-0.39, 0.29) is 11.8 Å². The molecule has 0 saturated carbocycles. The molecule has 0 aliphatic carbocycles. The second kappa shape index (κ2) is 9.00. The summed E-state index contributed by atoms with van der Waals surface area (Å²) in [5, 5.41) is 0. The number of amides is 2. The van der Waals surface area contributed by atoms with Crippen LogP contribution in [0.2, 0.25) is 0 Å². The van der Waals surface area contributed by atoms with Crippen LogP contribution in [0.3, 0.4) is 0 Å². The summed E-state index contributed by atoms with van der Waals surface area (Å²) in [5.41, 5.74) is 4.09. The number of hydrogen-bond donors (Lipinski definition) is 0. The Kier molecular flexibility index (Phi) is 5.62. The number of piperidine rings is 4. The molecule has 4 fully saturated rings. The zero-order valence-electron chi connectivity index (χ0n) is 21.0. The van der Waals surface area contributed by atoms with E-state index in [4.69, 9.17) is 0 Å². The summed E-state index contributed by atoms with van der Waals surface area (Å²) >= 11 is 0. The Morgan fingerprint density at radius 2 is 0.917 bits per heavy atom. The van der Waals surface area contributed by atoms with E-state index in [1.165, 1.54) is 24.0 Å². The fraction of sp³-hybridized carbons (Fsp3) is 0.533. The van der Waals surface area contributed by atoms with Crippen LogP contribution in [-0.4, -0.2) is 83.8 Å². The molecule has 10 aliphatic heterocycles. The molecule has 4 unspecified atom stereocenters. The Bertz CT molecular complexity index is 1050. The summed E-state index contributed by atoms with van der Waals surface area (Å²) in [4.78, 5) is 36.4. The molecule has 36 heavy (non-hydrogen) atoms. The highest BCUT2D eigenvalue weighted by atomic mass is 16.2. The quantitative estimate of drug-likeness (QED) is 0.576. The third-order valence-electron chi connectivity index (χ3n) is 9.08. The van der Waals surface area contributed by atoms with Crippen molar-refractivity contribution in [3.8, 4) is 0 Å². The van der Waals surface area contributed by atoms with Crippen molar-refractivity contribution in [2.75, 3.05) is 52.4 Å². The molecule has 0 N–H and O–H groups in total. The summed E-state index contributed by atoms with van der Waals surface area (Å²) < 4.78 is 0. The van der Waals surface area contributed by atoms with Gasteiger partial charge < -0.3 is 9.80 Å². The molecule has 12 bridgehead atoms. The van der Waals surface area contributed by atoms with Gasteiger partial charge in [-0.3, -0.25) is 19.4 Å². The number of carbonyl (C=O) groups excluding carboxylic acids is 2. The molecule has 6 nitrogen and oxygen atoms in total. The monoisotopic (exact) mass is 484 g/mol. The standard InChI is InChI=1S/C30H36N4O2/c35-29-27-2-1-3-28(10-27)30(36)34-19-25-9-26(20-34)16-32(15-25)12-22-6-4-21(5-7-22)11-31-13-23-8-24(14-31)18-33(29)17-23/h1-7,10,23-26H,8-9,11-20H2.